The molecule has 1 aromatic carbocycles. The third kappa shape index (κ3) is 2.87. The smallest absolute Gasteiger partial charge is 0.122 e. The van der Waals surface area contributed by atoms with Crippen molar-refractivity contribution in [3.63, 3.8) is 0 Å². The van der Waals surface area contributed by atoms with Crippen LogP contribution in [0.4, 0.5) is 0 Å². The van der Waals surface area contributed by atoms with Crippen LogP contribution in [0.2, 0.25) is 0 Å². The Hall–Kier alpha value is -1.43. The summed E-state index contributed by atoms with van der Waals surface area (Å²) in [6.45, 7) is 2.02. The van der Waals surface area contributed by atoms with Gasteiger partial charge in [-0.3, -0.25) is 11.3 Å². The van der Waals surface area contributed by atoms with Gasteiger partial charge in [-0.15, -0.1) is 11.3 Å². The lowest BCUT2D eigenvalue weighted by Gasteiger charge is -2.16. The van der Waals surface area contributed by atoms with E-state index in [2.05, 4.69) is 16.5 Å². The molecule has 4 nitrogen and oxygen atoms in total. The molecule has 1 heterocycles. The van der Waals surface area contributed by atoms with E-state index in [1.165, 1.54) is 0 Å². The molecule has 1 aromatic heterocycles. The molecule has 1 unspecified atom stereocenters. The number of nitrogens with one attached hydrogen (secondary N) is 1. The molecule has 0 fully saturated rings. The molecule has 0 saturated carbocycles. The number of thiazole rings is 1. The van der Waals surface area contributed by atoms with E-state index >= 15 is 0 Å². The summed E-state index contributed by atoms with van der Waals surface area (Å²) in [5.41, 5.74) is 5.06. The maximum absolute atomic E-state index is 5.64. The SMILES string of the molecule is COc1cc(C(Cc2nccs2)NN)ccc1C. The zero-order valence-electron chi connectivity index (χ0n) is 10.5. The Balaban J connectivity index is 2.21. The molecule has 3 N–H and O–H groups in total. The van der Waals surface area contributed by atoms with Crippen LogP contribution in [0.15, 0.2) is 29.8 Å². The second-order valence-electron chi connectivity index (χ2n) is 4.08. The summed E-state index contributed by atoms with van der Waals surface area (Å²) in [7, 11) is 1.68. The van der Waals surface area contributed by atoms with Crippen LogP contribution >= 0.6 is 11.3 Å². The van der Waals surface area contributed by atoms with Gasteiger partial charge in [0.15, 0.2) is 0 Å². The largest absolute Gasteiger partial charge is 0.496 e. The third-order valence-electron chi connectivity index (χ3n) is 2.90. The number of methoxy groups -OCH3 is 1. The van der Waals surface area contributed by atoms with E-state index in [0.29, 0.717) is 0 Å². The van der Waals surface area contributed by atoms with Crippen molar-refractivity contribution in [2.75, 3.05) is 7.11 Å². The van der Waals surface area contributed by atoms with Crippen LogP contribution in [0.25, 0.3) is 0 Å². The lowest BCUT2D eigenvalue weighted by Crippen LogP contribution is -2.29. The van der Waals surface area contributed by atoms with E-state index < -0.39 is 0 Å². The zero-order chi connectivity index (χ0) is 13.0. The fourth-order valence-corrected chi connectivity index (χ4v) is 2.52. The summed E-state index contributed by atoms with van der Waals surface area (Å²) in [4.78, 5) is 4.28. The number of aromatic nitrogens is 1. The Labute approximate surface area is 111 Å². The molecular weight excluding hydrogens is 246 g/mol. The van der Waals surface area contributed by atoms with Gasteiger partial charge in [0.2, 0.25) is 0 Å². The molecule has 0 aliphatic carbocycles. The highest BCUT2D eigenvalue weighted by Gasteiger charge is 2.13. The van der Waals surface area contributed by atoms with Gasteiger partial charge >= 0.3 is 0 Å². The van der Waals surface area contributed by atoms with Crippen molar-refractivity contribution in [2.24, 2.45) is 5.84 Å². The number of hydrazine groups is 1. The van der Waals surface area contributed by atoms with E-state index in [1.807, 2.05) is 30.6 Å². The van der Waals surface area contributed by atoms with Crippen LogP contribution in [0.3, 0.4) is 0 Å². The van der Waals surface area contributed by atoms with Crippen molar-refractivity contribution < 1.29 is 4.74 Å². The lowest BCUT2D eigenvalue weighted by atomic mass is 10.0. The Morgan fingerprint density at radius 2 is 2.33 bits per heavy atom. The first kappa shape index (κ1) is 13.0. The molecule has 0 aliphatic rings. The van der Waals surface area contributed by atoms with E-state index in [1.54, 1.807) is 18.4 Å². The zero-order valence-corrected chi connectivity index (χ0v) is 11.3. The van der Waals surface area contributed by atoms with Gasteiger partial charge in [-0.05, 0) is 24.1 Å². The maximum Gasteiger partial charge on any atom is 0.122 e. The predicted octanol–water partition coefficient (Wildman–Crippen LogP) is 2.21. The molecule has 2 aromatic rings. The number of ether oxygens (including phenoxy) is 1. The summed E-state index contributed by atoms with van der Waals surface area (Å²) in [5, 5.41) is 3.04. The van der Waals surface area contributed by atoms with Gasteiger partial charge < -0.3 is 4.74 Å². The Morgan fingerprint density at radius 3 is 2.94 bits per heavy atom. The molecule has 2 rings (SSSR count). The number of nitrogens with two attached hydrogens (primary N) is 1. The normalized spacial score (nSPS) is 12.4. The number of hydrogen-bond acceptors (Lipinski definition) is 5. The van der Waals surface area contributed by atoms with Gasteiger partial charge in [-0.2, -0.15) is 0 Å². The highest BCUT2D eigenvalue weighted by Crippen LogP contribution is 2.25. The second-order valence-corrected chi connectivity index (χ2v) is 5.06. The number of hydrogen-bond donors (Lipinski definition) is 2. The van der Waals surface area contributed by atoms with Gasteiger partial charge in [0, 0.05) is 18.0 Å². The first-order valence-electron chi connectivity index (χ1n) is 5.73. The fourth-order valence-electron chi connectivity index (χ4n) is 1.85. The van der Waals surface area contributed by atoms with Crippen LogP contribution in [0, 0.1) is 6.92 Å². The summed E-state index contributed by atoms with van der Waals surface area (Å²) in [6, 6.07) is 6.18. The summed E-state index contributed by atoms with van der Waals surface area (Å²) in [5.74, 6) is 6.52. The second kappa shape index (κ2) is 5.95. The lowest BCUT2D eigenvalue weighted by molar-refractivity contribution is 0.410. The van der Waals surface area contributed by atoms with Crippen LogP contribution in [0.1, 0.15) is 22.2 Å². The van der Waals surface area contributed by atoms with Gasteiger partial charge in [0.05, 0.1) is 18.2 Å². The first-order valence-corrected chi connectivity index (χ1v) is 6.61. The minimum Gasteiger partial charge on any atom is -0.496 e. The summed E-state index contributed by atoms with van der Waals surface area (Å²) >= 11 is 1.64. The highest BCUT2D eigenvalue weighted by molar-refractivity contribution is 7.09. The molecule has 0 bridgehead atoms. The number of benzene rings is 1. The molecule has 1 atom stereocenters. The van der Waals surface area contributed by atoms with E-state index in [4.69, 9.17) is 10.6 Å². The van der Waals surface area contributed by atoms with Crippen molar-refractivity contribution in [2.45, 2.75) is 19.4 Å². The molecular formula is C13H17N3OS. The highest BCUT2D eigenvalue weighted by atomic mass is 32.1. The summed E-state index contributed by atoms with van der Waals surface area (Å²) < 4.78 is 5.33. The van der Waals surface area contributed by atoms with E-state index in [9.17, 15) is 0 Å². The topological polar surface area (TPSA) is 60.2 Å². The number of nitrogens with zero attached hydrogens (tertiary/aromatic N) is 1. The molecule has 5 heteroatoms. The van der Waals surface area contributed by atoms with Crippen LogP contribution < -0.4 is 16.0 Å². The predicted molar refractivity (Wildman–Crippen MR) is 73.6 cm³/mol. The van der Waals surface area contributed by atoms with Crippen molar-refractivity contribution in [3.8, 4) is 5.75 Å². The van der Waals surface area contributed by atoms with Crippen molar-refractivity contribution in [1.29, 1.82) is 0 Å². The molecule has 0 saturated heterocycles. The quantitative estimate of drug-likeness (QED) is 0.641. The Bertz CT molecular complexity index is 499. The summed E-state index contributed by atoms with van der Waals surface area (Å²) in [6.07, 6.45) is 2.59. The van der Waals surface area contributed by atoms with Crippen LogP contribution in [0.5, 0.6) is 5.75 Å². The molecule has 0 spiro atoms. The van der Waals surface area contributed by atoms with Gasteiger partial charge in [0.1, 0.15) is 5.75 Å². The average molecular weight is 263 g/mol. The number of rotatable bonds is 5. The minimum absolute atomic E-state index is 0.0469. The molecule has 96 valence electrons. The average Bonchev–Trinajstić information content (AvgIpc) is 2.89. The first-order chi connectivity index (χ1) is 8.74. The van der Waals surface area contributed by atoms with Gasteiger partial charge in [-0.1, -0.05) is 12.1 Å². The molecule has 0 radical (unpaired) electrons. The van der Waals surface area contributed by atoms with E-state index in [-0.39, 0.29) is 6.04 Å². The van der Waals surface area contributed by atoms with E-state index in [0.717, 1.165) is 28.3 Å². The molecule has 0 aliphatic heterocycles. The maximum atomic E-state index is 5.64. The van der Waals surface area contributed by atoms with Crippen molar-refractivity contribution in [1.82, 2.24) is 10.4 Å². The van der Waals surface area contributed by atoms with Crippen LogP contribution in [-0.4, -0.2) is 12.1 Å². The number of aryl methyl sites for hydroxylation is 1. The van der Waals surface area contributed by atoms with Crippen molar-refractivity contribution in [3.05, 3.63) is 45.9 Å². The fraction of sp³-hybridized carbons (Fsp3) is 0.308. The molecule has 0 amide bonds. The monoisotopic (exact) mass is 263 g/mol. The third-order valence-corrected chi connectivity index (χ3v) is 3.70. The Kier molecular flexibility index (Phi) is 4.30. The van der Waals surface area contributed by atoms with Crippen LogP contribution in [-0.2, 0) is 6.42 Å². The van der Waals surface area contributed by atoms with Gasteiger partial charge in [-0.25, -0.2) is 4.98 Å². The minimum atomic E-state index is 0.0469. The standard InChI is InChI=1S/C13H17N3OS/c1-9-3-4-10(7-12(9)17-2)11(16-14)8-13-15-5-6-18-13/h3-7,11,16H,8,14H2,1-2H3. The Morgan fingerprint density at radius 1 is 1.50 bits per heavy atom. The van der Waals surface area contributed by atoms with Crippen molar-refractivity contribution >= 4 is 11.3 Å². The molecule has 18 heavy (non-hydrogen) atoms. The van der Waals surface area contributed by atoms with Gasteiger partial charge in [0.25, 0.3) is 0 Å².